The normalized spacial score (nSPS) is 19.1. The van der Waals surface area contributed by atoms with E-state index < -0.39 is 11.9 Å². The van der Waals surface area contributed by atoms with Gasteiger partial charge in [-0.2, -0.15) is 0 Å². The van der Waals surface area contributed by atoms with Crippen molar-refractivity contribution in [3.05, 3.63) is 86.4 Å². The van der Waals surface area contributed by atoms with Crippen molar-refractivity contribution in [2.24, 2.45) is 16.0 Å². The standard InChI is InChI=1S/C25H27ClFN7O/c1-16(35)23-22(15-34-12-8-17(9-13-34)7-11-30-33-28)31-25(21-4-2-3-10-29-21)32-24(23)19-6-5-18(27)14-20(19)26/h2-6,10,14,17,24H,7-9,11-13,15H2,1H3,(H,31,32). The van der Waals surface area contributed by atoms with Crippen LogP contribution in [-0.2, 0) is 4.79 Å². The highest BCUT2D eigenvalue weighted by atomic mass is 35.5. The van der Waals surface area contributed by atoms with Gasteiger partial charge < -0.3 is 5.32 Å². The number of nitrogens with one attached hydrogen (secondary N) is 1. The molecule has 1 aromatic carbocycles. The summed E-state index contributed by atoms with van der Waals surface area (Å²) in [6.07, 6.45) is 4.57. The van der Waals surface area contributed by atoms with E-state index in [4.69, 9.17) is 22.1 Å². The maximum atomic E-state index is 13.8. The number of carbonyl (C=O) groups excluding carboxylic acids is 1. The van der Waals surface area contributed by atoms with Crippen LogP contribution in [0.1, 0.15) is 43.5 Å². The maximum Gasteiger partial charge on any atom is 0.160 e. The lowest BCUT2D eigenvalue weighted by Crippen LogP contribution is -2.42. The number of rotatable bonds is 8. The Balaban J connectivity index is 1.64. The molecule has 2 aliphatic rings. The van der Waals surface area contributed by atoms with Crippen molar-refractivity contribution in [3.63, 3.8) is 0 Å². The number of hydrogen-bond donors (Lipinski definition) is 1. The highest BCUT2D eigenvalue weighted by Crippen LogP contribution is 2.36. The molecule has 0 amide bonds. The summed E-state index contributed by atoms with van der Waals surface area (Å²) in [5, 5.41) is 7.24. The Morgan fingerprint density at radius 2 is 2.11 bits per heavy atom. The summed E-state index contributed by atoms with van der Waals surface area (Å²) in [5.41, 5.74) is 11.0. The minimum Gasteiger partial charge on any atom is -0.341 e. The number of azide groups is 1. The van der Waals surface area contributed by atoms with Crippen molar-refractivity contribution in [2.75, 3.05) is 26.2 Å². The van der Waals surface area contributed by atoms with E-state index in [0.29, 0.717) is 41.7 Å². The number of amidine groups is 1. The van der Waals surface area contributed by atoms with E-state index in [1.54, 1.807) is 12.3 Å². The zero-order valence-electron chi connectivity index (χ0n) is 19.5. The monoisotopic (exact) mass is 495 g/mol. The molecular formula is C25H27ClFN7O. The molecule has 182 valence electrons. The minimum atomic E-state index is -0.671. The summed E-state index contributed by atoms with van der Waals surface area (Å²) in [5.74, 6) is 0.499. The molecule has 1 fully saturated rings. The second kappa shape index (κ2) is 11.4. The van der Waals surface area contributed by atoms with Gasteiger partial charge in [0.15, 0.2) is 11.6 Å². The van der Waals surface area contributed by atoms with Gasteiger partial charge in [-0.05, 0) is 75.0 Å². The number of piperidine rings is 1. The van der Waals surface area contributed by atoms with Crippen LogP contribution >= 0.6 is 11.6 Å². The van der Waals surface area contributed by atoms with Crippen LogP contribution in [0.3, 0.4) is 0 Å². The first-order valence-electron chi connectivity index (χ1n) is 11.6. The largest absolute Gasteiger partial charge is 0.341 e. The highest BCUT2D eigenvalue weighted by Gasteiger charge is 2.32. The van der Waals surface area contributed by atoms with Crippen LogP contribution in [0.4, 0.5) is 4.39 Å². The SMILES string of the molecule is CC(=O)C1=C(CN2CCC(CCN=[N+]=[N-])CC2)NC(c2ccccn2)=NC1c1ccc(F)cc1Cl. The Labute approximate surface area is 208 Å². The number of benzene rings is 1. The van der Waals surface area contributed by atoms with Crippen molar-refractivity contribution in [2.45, 2.75) is 32.2 Å². The highest BCUT2D eigenvalue weighted by molar-refractivity contribution is 6.31. The van der Waals surface area contributed by atoms with E-state index >= 15 is 0 Å². The summed E-state index contributed by atoms with van der Waals surface area (Å²) < 4.78 is 13.8. The van der Waals surface area contributed by atoms with Crippen molar-refractivity contribution >= 4 is 23.2 Å². The summed E-state index contributed by atoms with van der Waals surface area (Å²) in [7, 11) is 0. The van der Waals surface area contributed by atoms with Crippen LogP contribution in [-0.4, -0.2) is 47.7 Å². The fourth-order valence-electron chi connectivity index (χ4n) is 4.65. The topological polar surface area (TPSA) is 106 Å². The number of hydrogen-bond acceptors (Lipinski definition) is 6. The predicted octanol–water partition coefficient (Wildman–Crippen LogP) is 5.22. The number of halogens is 2. The maximum absolute atomic E-state index is 13.8. The summed E-state index contributed by atoms with van der Waals surface area (Å²) >= 11 is 6.41. The number of nitrogens with zero attached hydrogens (tertiary/aromatic N) is 6. The molecule has 0 aliphatic carbocycles. The smallest absolute Gasteiger partial charge is 0.160 e. The Morgan fingerprint density at radius 3 is 2.77 bits per heavy atom. The number of ketones is 1. The van der Waals surface area contributed by atoms with Gasteiger partial charge in [-0.1, -0.05) is 28.8 Å². The molecule has 0 saturated carbocycles. The van der Waals surface area contributed by atoms with Crippen molar-refractivity contribution in [3.8, 4) is 0 Å². The number of carbonyl (C=O) groups is 1. The molecule has 2 aromatic rings. The lowest BCUT2D eigenvalue weighted by Gasteiger charge is -2.35. The predicted molar refractivity (Wildman–Crippen MR) is 134 cm³/mol. The van der Waals surface area contributed by atoms with Crippen LogP contribution in [0, 0.1) is 11.7 Å². The number of aliphatic imine (C=N–C) groups is 1. The first-order chi connectivity index (χ1) is 17.0. The van der Waals surface area contributed by atoms with Gasteiger partial charge in [0.2, 0.25) is 0 Å². The lowest BCUT2D eigenvalue weighted by atomic mass is 9.91. The molecular weight excluding hydrogens is 469 g/mol. The molecule has 0 spiro atoms. The van der Waals surface area contributed by atoms with Gasteiger partial charge in [0, 0.05) is 46.1 Å². The van der Waals surface area contributed by atoms with Crippen LogP contribution in [0.5, 0.6) is 0 Å². The average molecular weight is 496 g/mol. The summed E-state index contributed by atoms with van der Waals surface area (Å²) in [6, 6.07) is 9.03. The molecule has 10 heteroatoms. The van der Waals surface area contributed by atoms with E-state index in [1.165, 1.54) is 19.1 Å². The number of pyridine rings is 1. The van der Waals surface area contributed by atoms with Crippen molar-refractivity contribution in [1.82, 2.24) is 15.2 Å². The Kier molecular flexibility index (Phi) is 8.13. The van der Waals surface area contributed by atoms with Gasteiger partial charge in [-0.25, -0.2) is 4.39 Å². The molecule has 0 bridgehead atoms. The molecule has 1 atom stereocenters. The van der Waals surface area contributed by atoms with Gasteiger partial charge in [-0.15, -0.1) is 0 Å². The first kappa shape index (κ1) is 24.9. The molecule has 1 N–H and O–H groups in total. The second-order valence-electron chi connectivity index (χ2n) is 8.80. The Morgan fingerprint density at radius 1 is 1.31 bits per heavy atom. The first-order valence-corrected chi connectivity index (χ1v) is 12.0. The fraction of sp³-hybridized carbons (Fsp3) is 0.400. The molecule has 2 aliphatic heterocycles. The molecule has 1 aromatic heterocycles. The van der Waals surface area contributed by atoms with Gasteiger partial charge in [0.05, 0.1) is 0 Å². The van der Waals surface area contributed by atoms with Crippen molar-refractivity contribution in [1.29, 1.82) is 0 Å². The Bertz CT molecular complexity index is 1190. The zero-order valence-corrected chi connectivity index (χ0v) is 20.2. The van der Waals surface area contributed by atoms with Crippen molar-refractivity contribution < 1.29 is 9.18 Å². The third kappa shape index (κ3) is 6.06. The third-order valence-corrected chi connectivity index (χ3v) is 6.79. The van der Waals surface area contributed by atoms with Gasteiger partial charge in [-0.3, -0.25) is 19.7 Å². The van der Waals surface area contributed by atoms with Gasteiger partial charge >= 0.3 is 0 Å². The number of Topliss-reactive ketones (excluding diaryl/α,β-unsaturated/α-hetero) is 1. The van der Waals surface area contributed by atoms with E-state index in [9.17, 15) is 9.18 Å². The number of aromatic nitrogens is 1. The summed E-state index contributed by atoms with van der Waals surface area (Å²) in [6.45, 7) is 4.32. The van der Waals surface area contributed by atoms with Crippen LogP contribution < -0.4 is 5.32 Å². The molecule has 3 heterocycles. The van der Waals surface area contributed by atoms with E-state index in [1.807, 2.05) is 18.2 Å². The lowest BCUT2D eigenvalue weighted by molar-refractivity contribution is -0.114. The molecule has 35 heavy (non-hydrogen) atoms. The van der Waals surface area contributed by atoms with E-state index in [-0.39, 0.29) is 10.8 Å². The fourth-order valence-corrected chi connectivity index (χ4v) is 4.92. The molecule has 8 nitrogen and oxygen atoms in total. The van der Waals surface area contributed by atoms with E-state index in [0.717, 1.165) is 38.0 Å². The molecule has 4 rings (SSSR count). The second-order valence-corrected chi connectivity index (χ2v) is 9.20. The van der Waals surface area contributed by atoms with E-state index in [2.05, 4.69) is 25.2 Å². The molecule has 0 radical (unpaired) electrons. The number of likely N-dealkylation sites (tertiary alicyclic amines) is 1. The zero-order chi connectivity index (χ0) is 24.8. The van der Waals surface area contributed by atoms with Gasteiger partial charge in [0.25, 0.3) is 0 Å². The quantitative estimate of drug-likeness (QED) is 0.307. The Hall–Kier alpha value is -3.26. The van der Waals surface area contributed by atoms with Crippen LogP contribution in [0.15, 0.2) is 64.0 Å². The summed E-state index contributed by atoms with van der Waals surface area (Å²) in [4.78, 5) is 27.3. The van der Waals surface area contributed by atoms with Crippen LogP contribution in [0.25, 0.3) is 10.4 Å². The van der Waals surface area contributed by atoms with Crippen LogP contribution in [0.2, 0.25) is 5.02 Å². The molecule has 1 saturated heterocycles. The average Bonchev–Trinajstić information content (AvgIpc) is 2.85. The molecule has 1 unspecified atom stereocenters. The van der Waals surface area contributed by atoms with Gasteiger partial charge in [0.1, 0.15) is 17.6 Å². The minimum absolute atomic E-state index is 0.119. The third-order valence-electron chi connectivity index (χ3n) is 6.46.